The lowest BCUT2D eigenvalue weighted by Gasteiger charge is -2.45. The van der Waals surface area contributed by atoms with Crippen LogP contribution in [-0.2, 0) is 11.2 Å². The average molecular weight is 537 g/mol. The fraction of sp³-hybridized carbons (Fsp3) is 0.0526. The van der Waals surface area contributed by atoms with E-state index in [2.05, 4.69) is 0 Å². The molecule has 6 aromatic rings. The lowest BCUT2D eigenvalue weighted by Crippen LogP contribution is -2.51. The molecule has 0 aliphatic carbocycles. The van der Waals surface area contributed by atoms with Crippen molar-refractivity contribution in [3.05, 3.63) is 204 Å². The fourth-order valence-electron chi connectivity index (χ4n) is 5.00. The topological polar surface area (TPSA) is 49.7 Å². The number of benzene rings is 6. The molecule has 3 nitrogen and oxygen atoms in total. The third-order valence-corrected chi connectivity index (χ3v) is 7.01. The minimum atomic E-state index is -1.70. The monoisotopic (exact) mass is 536 g/mol. The lowest BCUT2D eigenvalue weighted by molar-refractivity contribution is -0.113. The number of aliphatic hydroxyl groups is 2. The molecule has 0 aromatic heterocycles. The van der Waals surface area contributed by atoms with Crippen LogP contribution in [0, 0.1) is 0 Å². The maximum atomic E-state index is 12.3. The summed E-state index contributed by atoms with van der Waals surface area (Å²) in [6.07, 6.45) is 0. The summed E-state index contributed by atoms with van der Waals surface area (Å²) < 4.78 is 5.58. The highest BCUT2D eigenvalue weighted by Crippen LogP contribution is 2.49. The van der Waals surface area contributed by atoms with E-state index >= 15 is 0 Å². The molecule has 3 heteroatoms. The van der Waals surface area contributed by atoms with Crippen LogP contribution in [0.3, 0.4) is 0 Å². The highest BCUT2D eigenvalue weighted by Gasteiger charge is 2.54. The average Bonchev–Trinajstić information content (AvgIpc) is 3.07. The SMILES string of the molecule is OC(c1ccccc1)(c1ccccc1)C(O)(c1ccccc1)c1ccccc1.c1ccc(Oc2ccccc2)cc1. The number of para-hydroxylation sites is 2. The number of hydrogen-bond acceptors (Lipinski definition) is 3. The first-order valence-corrected chi connectivity index (χ1v) is 13.6. The molecular formula is C38H32O3. The van der Waals surface area contributed by atoms with Crippen molar-refractivity contribution in [3.8, 4) is 11.5 Å². The Kier molecular flexibility index (Phi) is 8.70. The number of hydrogen-bond donors (Lipinski definition) is 2. The molecule has 2 N–H and O–H groups in total. The summed E-state index contributed by atoms with van der Waals surface area (Å²) in [5.74, 6) is 1.74. The minimum absolute atomic E-state index is 0.622. The van der Waals surface area contributed by atoms with Gasteiger partial charge in [-0.05, 0) is 46.5 Å². The molecule has 41 heavy (non-hydrogen) atoms. The molecule has 0 saturated heterocycles. The van der Waals surface area contributed by atoms with Gasteiger partial charge in [-0.25, -0.2) is 0 Å². The predicted octanol–water partition coefficient (Wildman–Crippen LogP) is 8.34. The summed E-state index contributed by atoms with van der Waals surface area (Å²) in [7, 11) is 0. The van der Waals surface area contributed by atoms with E-state index in [9.17, 15) is 10.2 Å². The summed E-state index contributed by atoms with van der Waals surface area (Å²) >= 11 is 0. The second-order valence-electron chi connectivity index (χ2n) is 9.61. The number of ether oxygens (including phenoxy) is 1. The van der Waals surface area contributed by atoms with E-state index in [1.807, 2.05) is 182 Å². The van der Waals surface area contributed by atoms with Gasteiger partial charge in [0.15, 0.2) is 11.2 Å². The minimum Gasteiger partial charge on any atom is -0.457 e. The van der Waals surface area contributed by atoms with Gasteiger partial charge < -0.3 is 14.9 Å². The molecule has 0 amide bonds. The molecule has 0 heterocycles. The number of rotatable bonds is 7. The van der Waals surface area contributed by atoms with E-state index in [-0.39, 0.29) is 0 Å². The molecule has 0 spiro atoms. The van der Waals surface area contributed by atoms with Crippen LogP contribution in [0.1, 0.15) is 22.3 Å². The van der Waals surface area contributed by atoms with Crippen LogP contribution in [0.25, 0.3) is 0 Å². The summed E-state index contributed by atoms with van der Waals surface area (Å²) in [5, 5.41) is 24.7. The van der Waals surface area contributed by atoms with Gasteiger partial charge in [-0.3, -0.25) is 0 Å². The molecule has 0 aliphatic rings. The van der Waals surface area contributed by atoms with Crippen molar-refractivity contribution in [2.45, 2.75) is 11.2 Å². The zero-order chi connectivity index (χ0) is 28.4. The van der Waals surface area contributed by atoms with Crippen LogP contribution < -0.4 is 4.74 Å². The van der Waals surface area contributed by atoms with Gasteiger partial charge in [-0.2, -0.15) is 0 Å². The summed E-state index contributed by atoms with van der Waals surface area (Å²) in [6, 6.07) is 56.9. The zero-order valence-electron chi connectivity index (χ0n) is 22.6. The molecule has 0 saturated carbocycles. The third-order valence-electron chi connectivity index (χ3n) is 7.01. The van der Waals surface area contributed by atoms with Gasteiger partial charge in [-0.15, -0.1) is 0 Å². The Morgan fingerprint density at radius 1 is 0.293 bits per heavy atom. The Hall–Kier alpha value is -4.96. The Morgan fingerprint density at radius 2 is 0.488 bits per heavy atom. The maximum absolute atomic E-state index is 12.3. The summed E-state index contributed by atoms with van der Waals surface area (Å²) in [6.45, 7) is 0. The van der Waals surface area contributed by atoms with Crippen LogP contribution in [0.5, 0.6) is 11.5 Å². The fourth-order valence-corrected chi connectivity index (χ4v) is 5.00. The van der Waals surface area contributed by atoms with Gasteiger partial charge in [0.25, 0.3) is 0 Å². The maximum Gasteiger partial charge on any atom is 0.152 e. The normalized spacial score (nSPS) is 11.2. The van der Waals surface area contributed by atoms with E-state index in [0.717, 1.165) is 11.5 Å². The van der Waals surface area contributed by atoms with Crippen LogP contribution in [-0.4, -0.2) is 10.2 Å². The Morgan fingerprint density at radius 3 is 0.707 bits per heavy atom. The standard InChI is InChI=1S/C26H22O2.C12H10O/c27-25(21-13-5-1-6-14-21,22-15-7-2-8-16-22)26(28,23-17-9-3-10-18-23)24-19-11-4-12-20-24;1-3-7-11(8-4-1)13-12-9-5-2-6-10-12/h1-20,27-28H;1-10H. The third kappa shape index (κ3) is 5.97. The van der Waals surface area contributed by atoms with Crippen molar-refractivity contribution in [2.75, 3.05) is 0 Å². The van der Waals surface area contributed by atoms with E-state index in [1.165, 1.54) is 0 Å². The first-order valence-electron chi connectivity index (χ1n) is 13.6. The van der Waals surface area contributed by atoms with Crippen LogP contribution in [0.15, 0.2) is 182 Å². The molecule has 0 fully saturated rings. The second-order valence-corrected chi connectivity index (χ2v) is 9.61. The van der Waals surface area contributed by atoms with Gasteiger partial charge >= 0.3 is 0 Å². The molecule has 0 unspecified atom stereocenters. The predicted molar refractivity (Wildman–Crippen MR) is 165 cm³/mol. The van der Waals surface area contributed by atoms with Crippen molar-refractivity contribution in [1.82, 2.24) is 0 Å². The van der Waals surface area contributed by atoms with Gasteiger partial charge in [0.05, 0.1) is 0 Å². The quantitative estimate of drug-likeness (QED) is 0.216. The summed E-state index contributed by atoms with van der Waals surface area (Å²) in [5.41, 5.74) is -0.906. The summed E-state index contributed by atoms with van der Waals surface area (Å²) in [4.78, 5) is 0. The van der Waals surface area contributed by atoms with Gasteiger partial charge in [-0.1, -0.05) is 158 Å². The first-order chi connectivity index (χ1) is 20.1. The molecular weight excluding hydrogens is 504 g/mol. The van der Waals surface area contributed by atoms with Crippen LogP contribution in [0.2, 0.25) is 0 Å². The Bertz CT molecular complexity index is 1390. The molecule has 0 radical (unpaired) electrons. The highest BCUT2D eigenvalue weighted by atomic mass is 16.5. The second kappa shape index (κ2) is 12.9. The Labute approximate surface area is 241 Å². The van der Waals surface area contributed by atoms with Crippen molar-refractivity contribution >= 4 is 0 Å². The van der Waals surface area contributed by atoms with Gasteiger partial charge in [0.2, 0.25) is 0 Å². The zero-order valence-corrected chi connectivity index (χ0v) is 22.6. The van der Waals surface area contributed by atoms with Gasteiger partial charge in [0, 0.05) is 0 Å². The van der Waals surface area contributed by atoms with Crippen LogP contribution in [0.4, 0.5) is 0 Å². The Balaban J connectivity index is 0.000000216. The van der Waals surface area contributed by atoms with E-state index in [1.54, 1.807) is 0 Å². The van der Waals surface area contributed by atoms with Gasteiger partial charge in [0.1, 0.15) is 11.5 Å². The van der Waals surface area contributed by atoms with Crippen molar-refractivity contribution < 1.29 is 14.9 Å². The van der Waals surface area contributed by atoms with E-state index in [4.69, 9.17) is 4.74 Å². The molecule has 0 aliphatic heterocycles. The van der Waals surface area contributed by atoms with E-state index < -0.39 is 11.2 Å². The largest absolute Gasteiger partial charge is 0.457 e. The molecule has 0 bridgehead atoms. The van der Waals surface area contributed by atoms with Crippen LogP contribution >= 0.6 is 0 Å². The smallest absolute Gasteiger partial charge is 0.152 e. The van der Waals surface area contributed by atoms with Crippen molar-refractivity contribution in [1.29, 1.82) is 0 Å². The molecule has 6 aromatic carbocycles. The molecule has 6 rings (SSSR count). The first kappa shape index (κ1) is 27.6. The molecule has 202 valence electrons. The van der Waals surface area contributed by atoms with Crippen molar-refractivity contribution in [3.63, 3.8) is 0 Å². The molecule has 0 atom stereocenters. The lowest BCUT2D eigenvalue weighted by atomic mass is 9.66. The highest BCUT2D eigenvalue weighted by molar-refractivity contribution is 5.50. The van der Waals surface area contributed by atoms with Crippen molar-refractivity contribution in [2.24, 2.45) is 0 Å². The van der Waals surface area contributed by atoms with E-state index in [0.29, 0.717) is 22.3 Å².